The summed E-state index contributed by atoms with van der Waals surface area (Å²) in [7, 11) is 0. The number of anilines is 1. The molecule has 3 aliphatic rings. The Kier molecular flexibility index (Phi) is 6.03. The molecule has 3 aliphatic heterocycles. The van der Waals surface area contributed by atoms with E-state index in [1.165, 1.54) is 11.1 Å². The maximum atomic E-state index is 13.3. The van der Waals surface area contributed by atoms with Gasteiger partial charge in [-0.25, -0.2) is 0 Å². The SMILES string of the molecule is O=C1CCC(N2C(=O)c3cccc4c(Cc5ccc(CN6CCCOCC6)cc5)ccc2c34)C(=O)N1. The third-order valence-corrected chi connectivity index (χ3v) is 7.48. The van der Waals surface area contributed by atoms with Crippen molar-refractivity contribution in [3.05, 3.63) is 76.9 Å². The van der Waals surface area contributed by atoms with Crippen LogP contribution in [0.1, 0.15) is 46.3 Å². The summed E-state index contributed by atoms with van der Waals surface area (Å²) in [6, 6.07) is 17.9. The molecule has 0 spiro atoms. The molecule has 184 valence electrons. The van der Waals surface area contributed by atoms with E-state index in [9.17, 15) is 14.4 Å². The molecule has 7 heteroatoms. The number of piperidine rings is 1. The van der Waals surface area contributed by atoms with Crippen molar-refractivity contribution in [3.8, 4) is 0 Å². The minimum absolute atomic E-state index is 0.175. The van der Waals surface area contributed by atoms with E-state index in [0.717, 1.165) is 67.7 Å². The zero-order chi connectivity index (χ0) is 24.6. The van der Waals surface area contributed by atoms with Crippen LogP contribution in [0.3, 0.4) is 0 Å². The molecule has 0 aliphatic carbocycles. The van der Waals surface area contributed by atoms with Gasteiger partial charge < -0.3 is 4.74 Å². The van der Waals surface area contributed by atoms with Gasteiger partial charge in [0.05, 0.1) is 12.3 Å². The lowest BCUT2D eigenvalue weighted by Gasteiger charge is -2.30. The van der Waals surface area contributed by atoms with Crippen LogP contribution < -0.4 is 10.2 Å². The van der Waals surface area contributed by atoms with Crippen molar-refractivity contribution in [1.29, 1.82) is 0 Å². The maximum absolute atomic E-state index is 13.3. The molecule has 0 bridgehead atoms. The summed E-state index contributed by atoms with van der Waals surface area (Å²) >= 11 is 0. The molecule has 2 fully saturated rings. The summed E-state index contributed by atoms with van der Waals surface area (Å²) in [6.07, 6.45) is 2.40. The van der Waals surface area contributed by atoms with E-state index >= 15 is 0 Å². The molecule has 36 heavy (non-hydrogen) atoms. The predicted molar refractivity (Wildman–Crippen MR) is 137 cm³/mol. The monoisotopic (exact) mass is 483 g/mol. The van der Waals surface area contributed by atoms with Gasteiger partial charge in [-0.15, -0.1) is 0 Å². The highest BCUT2D eigenvalue weighted by Gasteiger charge is 2.40. The molecule has 1 unspecified atom stereocenters. The Morgan fingerprint density at radius 3 is 2.58 bits per heavy atom. The molecule has 1 N–H and O–H groups in total. The van der Waals surface area contributed by atoms with E-state index in [1.54, 1.807) is 4.90 Å². The Labute approximate surface area is 210 Å². The fraction of sp³-hybridized carbons (Fsp3) is 0.345. The summed E-state index contributed by atoms with van der Waals surface area (Å²) in [6.45, 7) is 4.62. The first-order valence-corrected chi connectivity index (χ1v) is 12.7. The van der Waals surface area contributed by atoms with Gasteiger partial charge in [-0.3, -0.25) is 29.5 Å². The summed E-state index contributed by atoms with van der Waals surface area (Å²) in [5.41, 5.74) is 5.02. The topological polar surface area (TPSA) is 79.0 Å². The van der Waals surface area contributed by atoms with Gasteiger partial charge >= 0.3 is 0 Å². The van der Waals surface area contributed by atoms with Crippen LogP contribution >= 0.6 is 0 Å². The van der Waals surface area contributed by atoms with E-state index in [1.807, 2.05) is 18.2 Å². The van der Waals surface area contributed by atoms with E-state index in [0.29, 0.717) is 12.0 Å². The minimum atomic E-state index is -0.667. The van der Waals surface area contributed by atoms with Gasteiger partial charge in [-0.05, 0) is 53.5 Å². The summed E-state index contributed by atoms with van der Waals surface area (Å²) in [4.78, 5) is 41.5. The van der Waals surface area contributed by atoms with E-state index < -0.39 is 11.9 Å². The van der Waals surface area contributed by atoms with Gasteiger partial charge in [0.25, 0.3) is 5.91 Å². The molecular formula is C29H29N3O4. The first-order chi connectivity index (χ1) is 17.6. The summed E-state index contributed by atoms with van der Waals surface area (Å²) < 4.78 is 5.56. The fourth-order valence-corrected chi connectivity index (χ4v) is 5.66. The molecule has 6 rings (SSSR count). The van der Waals surface area contributed by atoms with Crippen molar-refractivity contribution < 1.29 is 19.1 Å². The average Bonchev–Trinajstić information content (AvgIpc) is 3.02. The van der Waals surface area contributed by atoms with Crippen molar-refractivity contribution in [2.45, 2.75) is 38.3 Å². The van der Waals surface area contributed by atoms with Crippen LogP contribution in [-0.4, -0.2) is 55.0 Å². The molecule has 3 heterocycles. The number of nitrogens with one attached hydrogen (secondary N) is 1. The summed E-state index contributed by atoms with van der Waals surface area (Å²) in [5.74, 6) is -0.865. The molecule has 3 amide bonds. The number of imide groups is 1. The predicted octanol–water partition coefficient (Wildman–Crippen LogP) is 3.42. The first kappa shape index (κ1) is 22.9. The van der Waals surface area contributed by atoms with Crippen molar-refractivity contribution in [2.75, 3.05) is 31.2 Å². The highest BCUT2D eigenvalue weighted by atomic mass is 16.5. The third-order valence-electron chi connectivity index (χ3n) is 7.48. The summed E-state index contributed by atoms with van der Waals surface area (Å²) in [5, 5.41) is 4.30. The lowest BCUT2D eigenvalue weighted by atomic mass is 9.95. The molecule has 1 atom stereocenters. The lowest BCUT2D eigenvalue weighted by Crippen LogP contribution is -2.53. The minimum Gasteiger partial charge on any atom is -0.380 e. The Morgan fingerprint density at radius 2 is 1.75 bits per heavy atom. The smallest absolute Gasteiger partial charge is 0.259 e. The van der Waals surface area contributed by atoms with Crippen LogP contribution in [-0.2, 0) is 27.3 Å². The Hall–Kier alpha value is -3.55. The molecule has 0 radical (unpaired) electrons. The van der Waals surface area contributed by atoms with Crippen molar-refractivity contribution in [1.82, 2.24) is 10.2 Å². The first-order valence-electron chi connectivity index (χ1n) is 12.7. The second kappa shape index (κ2) is 9.48. The highest BCUT2D eigenvalue weighted by molar-refractivity contribution is 6.27. The fourth-order valence-electron chi connectivity index (χ4n) is 5.66. The van der Waals surface area contributed by atoms with E-state index in [-0.39, 0.29) is 18.2 Å². The normalized spacial score (nSPS) is 20.6. The highest BCUT2D eigenvalue weighted by Crippen LogP contribution is 2.41. The maximum Gasteiger partial charge on any atom is 0.259 e. The number of hydrogen-bond donors (Lipinski definition) is 1. The van der Waals surface area contributed by atoms with Gasteiger partial charge in [0.15, 0.2) is 0 Å². The molecule has 3 aromatic rings. The molecule has 2 saturated heterocycles. The Balaban J connectivity index is 1.25. The number of rotatable bonds is 5. The van der Waals surface area contributed by atoms with Crippen LogP contribution in [0.4, 0.5) is 5.69 Å². The Bertz CT molecular complexity index is 1340. The second-order valence-electron chi connectivity index (χ2n) is 9.85. The van der Waals surface area contributed by atoms with Crippen LogP contribution in [0.15, 0.2) is 54.6 Å². The molecular weight excluding hydrogens is 454 g/mol. The van der Waals surface area contributed by atoms with Crippen molar-refractivity contribution in [3.63, 3.8) is 0 Å². The van der Waals surface area contributed by atoms with Gasteiger partial charge in [-0.1, -0.05) is 42.5 Å². The van der Waals surface area contributed by atoms with Crippen LogP contribution in [0.25, 0.3) is 10.8 Å². The van der Waals surface area contributed by atoms with Crippen LogP contribution in [0.5, 0.6) is 0 Å². The zero-order valence-electron chi connectivity index (χ0n) is 20.2. The van der Waals surface area contributed by atoms with Crippen LogP contribution in [0.2, 0.25) is 0 Å². The van der Waals surface area contributed by atoms with Crippen molar-refractivity contribution >= 4 is 34.2 Å². The molecule has 7 nitrogen and oxygen atoms in total. The molecule has 0 saturated carbocycles. The number of ether oxygens (including phenoxy) is 1. The number of hydrogen-bond acceptors (Lipinski definition) is 5. The number of benzene rings is 3. The second-order valence-corrected chi connectivity index (χ2v) is 9.85. The number of amides is 3. The van der Waals surface area contributed by atoms with Gasteiger partial charge in [0, 0.05) is 43.6 Å². The van der Waals surface area contributed by atoms with Crippen LogP contribution in [0, 0.1) is 0 Å². The van der Waals surface area contributed by atoms with Gasteiger partial charge in [-0.2, -0.15) is 0 Å². The Morgan fingerprint density at radius 1 is 0.917 bits per heavy atom. The van der Waals surface area contributed by atoms with E-state index in [4.69, 9.17) is 4.74 Å². The quantitative estimate of drug-likeness (QED) is 0.563. The largest absolute Gasteiger partial charge is 0.380 e. The molecule has 3 aromatic carbocycles. The molecule has 0 aromatic heterocycles. The number of carbonyl (C=O) groups is 3. The standard InChI is InChI=1S/C29H29N3O4/c33-26-12-11-25(28(34)30-26)32-24-10-9-21(22-3-1-4-23(27(22)24)29(32)35)17-19-5-7-20(8-6-19)18-31-13-2-15-36-16-14-31/h1,3-10,25H,2,11-18H2,(H,30,33,34). The van der Waals surface area contributed by atoms with Gasteiger partial charge in [0.2, 0.25) is 11.8 Å². The average molecular weight is 484 g/mol. The van der Waals surface area contributed by atoms with Gasteiger partial charge in [0.1, 0.15) is 6.04 Å². The number of carbonyl (C=O) groups excluding carboxylic acids is 3. The lowest BCUT2D eigenvalue weighted by molar-refractivity contribution is -0.134. The number of nitrogens with zero attached hydrogens (tertiary/aromatic N) is 2. The van der Waals surface area contributed by atoms with Crippen molar-refractivity contribution in [2.24, 2.45) is 0 Å². The van der Waals surface area contributed by atoms with E-state index in [2.05, 4.69) is 46.6 Å². The zero-order valence-corrected chi connectivity index (χ0v) is 20.2. The third kappa shape index (κ3) is 4.18.